The van der Waals surface area contributed by atoms with Gasteiger partial charge in [0.15, 0.2) is 0 Å². The minimum Gasteiger partial charge on any atom is -0.466 e. The third-order valence-electron chi connectivity index (χ3n) is 3.28. The molecule has 0 aromatic rings. The van der Waals surface area contributed by atoms with Crippen LogP contribution in [-0.2, 0) is 9.53 Å². The normalized spacial score (nSPS) is 21.8. The molecular formula is C12H19F3O2. The molecule has 1 fully saturated rings. The highest BCUT2D eigenvalue weighted by atomic mass is 19.4. The second-order valence-electron chi connectivity index (χ2n) is 5.56. The van der Waals surface area contributed by atoms with Crippen molar-refractivity contribution in [3.05, 3.63) is 0 Å². The summed E-state index contributed by atoms with van der Waals surface area (Å²) >= 11 is 0. The number of esters is 1. The van der Waals surface area contributed by atoms with E-state index in [2.05, 4.69) is 0 Å². The molecule has 0 spiro atoms. The van der Waals surface area contributed by atoms with Gasteiger partial charge in [-0.05, 0) is 38.5 Å². The van der Waals surface area contributed by atoms with Crippen molar-refractivity contribution in [3.63, 3.8) is 0 Å². The van der Waals surface area contributed by atoms with Crippen molar-refractivity contribution in [1.82, 2.24) is 0 Å². The Morgan fingerprint density at radius 1 is 1.35 bits per heavy atom. The molecule has 0 radical (unpaired) electrons. The topological polar surface area (TPSA) is 26.3 Å². The molecule has 1 aliphatic rings. The predicted octanol–water partition coefficient (Wildman–Crippen LogP) is 3.70. The number of carbonyl (C=O) groups excluding carboxylic acids is 1. The maximum atomic E-state index is 12.5. The first-order valence-corrected chi connectivity index (χ1v) is 5.84. The lowest BCUT2D eigenvalue weighted by Crippen LogP contribution is -2.36. The summed E-state index contributed by atoms with van der Waals surface area (Å²) in [5, 5.41) is 0. The van der Waals surface area contributed by atoms with Gasteiger partial charge in [0, 0.05) is 0 Å². The summed E-state index contributed by atoms with van der Waals surface area (Å²) in [6.45, 7) is 5.00. The molecule has 2 nitrogen and oxygen atoms in total. The fraction of sp³-hybridized carbons (Fsp3) is 0.917. The van der Waals surface area contributed by atoms with E-state index in [1.807, 2.05) is 6.92 Å². The predicted molar refractivity (Wildman–Crippen MR) is 57.4 cm³/mol. The number of rotatable bonds is 5. The summed E-state index contributed by atoms with van der Waals surface area (Å²) in [6, 6.07) is 0. The van der Waals surface area contributed by atoms with E-state index in [4.69, 9.17) is 4.74 Å². The zero-order valence-corrected chi connectivity index (χ0v) is 10.5. The summed E-state index contributed by atoms with van der Waals surface area (Å²) in [4.78, 5) is 11.7. The van der Waals surface area contributed by atoms with Crippen LogP contribution in [0.15, 0.2) is 0 Å². The Balaban J connectivity index is 2.79. The van der Waals surface area contributed by atoms with Crippen LogP contribution in [0.1, 0.15) is 46.5 Å². The van der Waals surface area contributed by atoms with Crippen LogP contribution in [0.4, 0.5) is 13.2 Å². The SMILES string of the molecule is CCOC(=O)C(C)(CC(F)(F)F)CC1(C)CC1. The maximum absolute atomic E-state index is 12.5. The van der Waals surface area contributed by atoms with E-state index in [9.17, 15) is 18.0 Å². The standard InChI is InChI=1S/C12H19F3O2/c1-4-17-9(16)11(3,8-12(13,14)15)7-10(2)5-6-10/h4-8H2,1-3H3. The maximum Gasteiger partial charge on any atom is 0.390 e. The molecular weight excluding hydrogens is 233 g/mol. The first-order chi connectivity index (χ1) is 7.60. The molecule has 0 aromatic heterocycles. The van der Waals surface area contributed by atoms with E-state index in [0.29, 0.717) is 0 Å². The van der Waals surface area contributed by atoms with Crippen molar-refractivity contribution in [2.75, 3.05) is 6.61 Å². The molecule has 17 heavy (non-hydrogen) atoms. The minimum absolute atomic E-state index is 0.114. The summed E-state index contributed by atoms with van der Waals surface area (Å²) in [6.07, 6.45) is -3.42. The van der Waals surface area contributed by atoms with Crippen molar-refractivity contribution < 1.29 is 22.7 Å². The van der Waals surface area contributed by atoms with Gasteiger partial charge in [-0.2, -0.15) is 13.2 Å². The van der Waals surface area contributed by atoms with Crippen LogP contribution in [0.3, 0.4) is 0 Å². The Kier molecular flexibility index (Phi) is 3.79. The first kappa shape index (κ1) is 14.3. The second-order valence-corrected chi connectivity index (χ2v) is 5.56. The van der Waals surface area contributed by atoms with Crippen LogP contribution in [0.25, 0.3) is 0 Å². The third kappa shape index (κ3) is 4.21. The van der Waals surface area contributed by atoms with E-state index >= 15 is 0 Å². The molecule has 0 bridgehead atoms. The first-order valence-electron chi connectivity index (χ1n) is 5.84. The van der Waals surface area contributed by atoms with Gasteiger partial charge in [-0.15, -0.1) is 0 Å². The van der Waals surface area contributed by atoms with E-state index < -0.39 is 24.0 Å². The molecule has 0 N–H and O–H groups in total. The van der Waals surface area contributed by atoms with Gasteiger partial charge in [0.25, 0.3) is 0 Å². The van der Waals surface area contributed by atoms with Gasteiger partial charge in [-0.25, -0.2) is 0 Å². The largest absolute Gasteiger partial charge is 0.466 e. The Bertz CT molecular complexity index is 285. The highest BCUT2D eigenvalue weighted by Crippen LogP contribution is 2.55. The van der Waals surface area contributed by atoms with Gasteiger partial charge in [0.05, 0.1) is 18.4 Å². The Morgan fingerprint density at radius 3 is 2.24 bits per heavy atom. The Morgan fingerprint density at radius 2 is 1.88 bits per heavy atom. The summed E-state index contributed by atoms with van der Waals surface area (Å²) < 4.78 is 42.4. The summed E-state index contributed by atoms with van der Waals surface area (Å²) in [7, 11) is 0. The summed E-state index contributed by atoms with van der Waals surface area (Å²) in [5.41, 5.74) is -1.56. The number of halogens is 3. The lowest BCUT2D eigenvalue weighted by atomic mass is 9.77. The van der Waals surface area contributed by atoms with Gasteiger partial charge in [-0.1, -0.05) is 6.92 Å². The molecule has 0 heterocycles. The molecule has 100 valence electrons. The van der Waals surface area contributed by atoms with Gasteiger partial charge in [0.2, 0.25) is 0 Å². The van der Waals surface area contributed by atoms with Crippen LogP contribution >= 0.6 is 0 Å². The van der Waals surface area contributed by atoms with Crippen molar-refractivity contribution in [2.45, 2.75) is 52.6 Å². The average Bonchev–Trinajstić information content (AvgIpc) is 2.79. The van der Waals surface area contributed by atoms with Crippen LogP contribution < -0.4 is 0 Å². The molecule has 5 heteroatoms. The van der Waals surface area contributed by atoms with Crippen molar-refractivity contribution in [2.24, 2.45) is 10.8 Å². The zero-order chi connectivity index (χ0) is 13.3. The number of hydrogen-bond acceptors (Lipinski definition) is 2. The number of ether oxygens (including phenoxy) is 1. The lowest BCUT2D eigenvalue weighted by Gasteiger charge is -2.30. The van der Waals surface area contributed by atoms with E-state index in [-0.39, 0.29) is 18.4 Å². The highest BCUT2D eigenvalue weighted by Gasteiger charge is 2.52. The van der Waals surface area contributed by atoms with Crippen molar-refractivity contribution in [1.29, 1.82) is 0 Å². The van der Waals surface area contributed by atoms with Crippen LogP contribution in [0.5, 0.6) is 0 Å². The van der Waals surface area contributed by atoms with Crippen LogP contribution in [-0.4, -0.2) is 18.8 Å². The molecule has 1 rings (SSSR count). The molecule has 0 saturated heterocycles. The van der Waals surface area contributed by atoms with Gasteiger partial charge in [-0.3, -0.25) is 4.79 Å². The molecule has 0 aromatic carbocycles. The molecule has 1 atom stereocenters. The summed E-state index contributed by atoms with van der Waals surface area (Å²) in [5.74, 6) is -0.731. The number of carbonyl (C=O) groups is 1. The molecule has 1 aliphatic carbocycles. The van der Waals surface area contributed by atoms with E-state index in [1.165, 1.54) is 6.92 Å². The minimum atomic E-state index is -4.34. The van der Waals surface area contributed by atoms with E-state index in [1.54, 1.807) is 6.92 Å². The lowest BCUT2D eigenvalue weighted by molar-refractivity contribution is -0.183. The zero-order valence-electron chi connectivity index (χ0n) is 10.5. The molecule has 0 aliphatic heterocycles. The Labute approximate surface area is 99.5 Å². The molecule has 0 amide bonds. The van der Waals surface area contributed by atoms with Crippen molar-refractivity contribution >= 4 is 5.97 Å². The number of alkyl halides is 3. The second kappa shape index (κ2) is 4.50. The van der Waals surface area contributed by atoms with Gasteiger partial charge >= 0.3 is 12.1 Å². The van der Waals surface area contributed by atoms with E-state index in [0.717, 1.165) is 12.8 Å². The fourth-order valence-electron chi connectivity index (χ4n) is 2.29. The van der Waals surface area contributed by atoms with Gasteiger partial charge < -0.3 is 4.74 Å². The van der Waals surface area contributed by atoms with Crippen molar-refractivity contribution in [3.8, 4) is 0 Å². The number of hydrogen-bond donors (Lipinski definition) is 0. The third-order valence-corrected chi connectivity index (χ3v) is 3.28. The van der Waals surface area contributed by atoms with Crippen LogP contribution in [0, 0.1) is 10.8 Å². The highest BCUT2D eigenvalue weighted by molar-refractivity contribution is 5.76. The smallest absolute Gasteiger partial charge is 0.390 e. The monoisotopic (exact) mass is 252 g/mol. The Hall–Kier alpha value is -0.740. The van der Waals surface area contributed by atoms with Gasteiger partial charge in [0.1, 0.15) is 0 Å². The molecule has 1 unspecified atom stereocenters. The average molecular weight is 252 g/mol. The van der Waals surface area contributed by atoms with Crippen LogP contribution in [0.2, 0.25) is 0 Å². The fourth-order valence-corrected chi connectivity index (χ4v) is 2.29. The molecule has 1 saturated carbocycles. The quantitative estimate of drug-likeness (QED) is 0.697.